The first kappa shape index (κ1) is 15.3. The van der Waals surface area contributed by atoms with Crippen LogP contribution in [0.2, 0.25) is 10.0 Å². The van der Waals surface area contributed by atoms with E-state index in [0.717, 1.165) is 5.39 Å². The average Bonchev–Trinajstić information content (AvgIpc) is 2.49. The third-order valence-electron chi connectivity index (χ3n) is 3.21. The van der Waals surface area contributed by atoms with Crippen molar-refractivity contribution in [2.24, 2.45) is 0 Å². The van der Waals surface area contributed by atoms with E-state index < -0.39 is 9.84 Å². The number of halogens is 2. The number of nitrogens with zero attached hydrogens (tertiary/aromatic N) is 1. The van der Waals surface area contributed by atoms with E-state index in [1.807, 2.05) is 0 Å². The fourth-order valence-corrected chi connectivity index (χ4v) is 3.72. The zero-order valence-electron chi connectivity index (χ0n) is 11.3. The third-order valence-corrected chi connectivity index (χ3v) is 5.28. The van der Waals surface area contributed by atoms with Gasteiger partial charge in [-0.2, -0.15) is 0 Å². The van der Waals surface area contributed by atoms with E-state index in [9.17, 15) is 8.42 Å². The van der Waals surface area contributed by atoms with Crippen molar-refractivity contribution in [3.8, 4) is 0 Å². The Morgan fingerprint density at radius 3 is 2.27 bits per heavy atom. The predicted octanol–water partition coefficient (Wildman–Crippen LogP) is 4.52. The van der Waals surface area contributed by atoms with E-state index >= 15 is 0 Å². The second kappa shape index (κ2) is 5.88. The Hall–Kier alpha value is -1.62. The Balaban J connectivity index is 1.97. The summed E-state index contributed by atoms with van der Waals surface area (Å²) in [6, 6.07) is 15.1. The average molecular weight is 352 g/mol. The number of rotatable bonds is 3. The van der Waals surface area contributed by atoms with Gasteiger partial charge in [-0.15, -0.1) is 0 Å². The molecule has 0 fully saturated rings. The summed E-state index contributed by atoms with van der Waals surface area (Å²) in [4.78, 5) is 4.23. The Morgan fingerprint density at radius 1 is 0.864 bits per heavy atom. The van der Waals surface area contributed by atoms with Crippen molar-refractivity contribution in [1.29, 1.82) is 0 Å². The number of fused-ring (bicyclic) bond motifs is 1. The van der Waals surface area contributed by atoms with Crippen molar-refractivity contribution in [1.82, 2.24) is 4.98 Å². The monoisotopic (exact) mass is 351 g/mol. The Morgan fingerprint density at radius 2 is 1.55 bits per heavy atom. The van der Waals surface area contributed by atoms with Crippen molar-refractivity contribution < 1.29 is 8.42 Å². The van der Waals surface area contributed by atoms with Crippen LogP contribution < -0.4 is 0 Å². The lowest BCUT2D eigenvalue weighted by atomic mass is 10.2. The summed E-state index contributed by atoms with van der Waals surface area (Å²) in [6.07, 6.45) is 0. The summed E-state index contributed by atoms with van der Waals surface area (Å²) in [5, 5.41) is 2.02. The summed E-state index contributed by atoms with van der Waals surface area (Å²) < 4.78 is 25.0. The lowest BCUT2D eigenvalue weighted by Crippen LogP contribution is -2.07. The Bertz CT molecular complexity index is 938. The zero-order valence-corrected chi connectivity index (χ0v) is 13.7. The van der Waals surface area contributed by atoms with Gasteiger partial charge in [-0.3, -0.25) is 0 Å². The number of pyridine rings is 1. The zero-order chi connectivity index (χ0) is 15.7. The van der Waals surface area contributed by atoms with Crippen LogP contribution in [0.5, 0.6) is 0 Å². The maximum Gasteiger partial charge on any atom is 0.199 e. The molecular formula is C16H11Cl2NO2S. The first-order chi connectivity index (χ1) is 10.4. The van der Waals surface area contributed by atoms with Gasteiger partial charge >= 0.3 is 0 Å². The van der Waals surface area contributed by atoms with Crippen LogP contribution in [0.1, 0.15) is 5.56 Å². The topological polar surface area (TPSA) is 47.0 Å². The van der Waals surface area contributed by atoms with Crippen LogP contribution >= 0.6 is 23.2 Å². The molecule has 112 valence electrons. The van der Waals surface area contributed by atoms with Crippen molar-refractivity contribution in [2.45, 2.75) is 10.8 Å². The maximum absolute atomic E-state index is 12.5. The highest BCUT2D eigenvalue weighted by atomic mass is 35.5. The normalized spacial score (nSPS) is 11.7. The van der Waals surface area contributed by atoms with Crippen LogP contribution in [-0.2, 0) is 15.6 Å². The van der Waals surface area contributed by atoms with Crippen LogP contribution in [-0.4, -0.2) is 13.4 Å². The van der Waals surface area contributed by atoms with Crippen LogP contribution in [0.3, 0.4) is 0 Å². The molecule has 0 saturated carbocycles. The quantitative estimate of drug-likeness (QED) is 0.697. The highest BCUT2D eigenvalue weighted by molar-refractivity contribution is 7.90. The molecule has 1 aromatic heterocycles. The molecule has 0 saturated heterocycles. The van der Waals surface area contributed by atoms with Gasteiger partial charge in [0.2, 0.25) is 0 Å². The minimum Gasteiger partial charge on any atom is -0.236 e. The number of benzene rings is 2. The molecule has 1 heterocycles. The largest absolute Gasteiger partial charge is 0.236 e. The van der Waals surface area contributed by atoms with E-state index in [4.69, 9.17) is 23.2 Å². The Labute approximate surface area is 138 Å². The summed E-state index contributed by atoms with van der Waals surface area (Å²) in [5.41, 5.74) is 1.27. The van der Waals surface area contributed by atoms with Crippen LogP contribution in [0.25, 0.3) is 10.9 Å². The number of aromatic nitrogens is 1. The fourth-order valence-electron chi connectivity index (χ4n) is 2.12. The second-order valence-electron chi connectivity index (χ2n) is 4.87. The summed E-state index contributed by atoms with van der Waals surface area (Å²) in [7, 11) is -3.51. The lowest BCUT2D eigenvalue weighted by Gasteiger charge is -2.06. The molecule has 6 heteroatoms. The first-order valence-electron chi connectivity index (χ1n) is 6.47. The summed E-state index contributed by atoms with van der Waals surface area (Å²) in [6.45, 7) is 0. The molecule has 0 amide bonds. The summed E-state index contributed by atoms with van der Waals surface area (Å²) in [5.74, 6) is -0.115. The van der Waals surface area contributed by atoms with Crippen molar-refractivity contribution >= 4 is 43.9 Å². The minimum atomic E-state index is -3.51. The standard InChI is InChI=1S/C16H11Cl2NO2S/c17-13-4-1-11(2-5-13)10-22(20,21)16-8-3-12-9-14(18)6-7-15(12)19-16/h1-9H,10H2. The maximum atomic E-state index is 12.5. The van der Waals surface area contributed by atoms with Crippen molar-refractivity contribution in [3.05, 3.63) is 70.2 Å². The highest BCUT2D eigenvalue weighted by Gasteiger charge is 2.17. The smallest absolute Gasteiger partial charge is 0.199 e. The molecule has 0 radical (unpaired) electrons. The van der Waals surface area contributed by atoms with Gasteiger partial charge in [0.1, 0.15) is 0 Å². The molecule has 0 N–H and O–H groups in total. The van der Waals surface area contributed by atoms with Gasteiger partial charge in [0.05, 0.1) is 11.3 Å². The van der Waals surface area contributed by atoms with Gasteiger partial charge in [0, 0.05) is 15.4 Å². The molecule has 0 aliphatic heterocycles. The molecule has 0 atom stereocenters. The molecule has 3 nitrogen and oxygen atoms in total. The second-order valence-corrected chi connectivity index (χ2v) is 7.68. The molecule has 0 unspecified atom stereocenters. The first-order valence-corrected chi connectivity index (χ1v) is 8.88. The molecule has 3 aromatic rings. The molecule has 22 heavy (non-hydrogen) atoms. The van der Waals surface area contributed by atoms with Crippen molar-refractivity contribution in [3.63, 3.8) is 0 Å². The molecule has 0 aliphatic rings. The van der Waals surface area contributed by atoms with E-state index in [2.05, 4.69) is 4.98 Å². The SMILES string of the molecule is O=S(=O)(Cc1ccc(Cl)cc1)c1ccc2cc(Cl)ccc2n1. The van der Waals surface area contributed by atoms with E-state index in [-0.39, 0.29) is 10.8 Å². The van der Waals surface area contributed by atoms with Crippen LogP contribution in [0, 0.1) is 0 Å². The highest BCUT2D eigenvalue weighted by Crippen LogP contribution is 2.22. The van der Waals surface area contributed by atoms with Gasteiger partial charge in [0.25, 0.3) is 0 Å². The molecule has 0 aliphatic carbocycles. The molecular weight excluding hydrogens is 341 g/mol. The number of sulfone groups is 1. The van der Waals surface area contributed by atoms with E-state index in [0.29, 0.717) is 21.1 Å². The third kappa shape index (κ3) is 3.24. The predicted molar refractivity (Wildman–Crippen MR) is 89.1 cm³/mol. The number of hydrogen-bond acceptors (Lipinski definition) is 3. The van der Waals surface area contributed by atoms with Gasteiger partial charge < -0.3 is 0 Å². The van der Waals surface area contributed by atoms with E-state index in [1.165, 1.54) is 6.07 Å². The lowest BCUT2D eigenvalue weighted by molar-refractivity contribution is 0.592. The van der Waals surface area contributed by atoms with Gasteiger partial charge in [-0.25, -0.2) is 13.4 Å². The Kier molecular flexibility index (Phi) is 4.08. The van der Waals surface area contributed by atoms with Crippen LogP contribution in [0.15, 0.2) is 59.6 Å². The minimum absolute atomic E-state index is 0.0530. The summed E-state index contributed by atoms with van der Waals surface area (Å²) >= 11 is 11.7. The molecule has 2 aromatic carbocycles. The molecule has 0 spiro atoms. The molecule has 0 bridgehead atoms. The van der Waals surface area contributed by atoms with E-state index in [1.54, 1.807) is 48.5 Å². The van der Waals surface area contributed by atoms with Gasteiger partial charge in [-0.1, -0.05) is 35.3 Å². The fraction of sp³-hybridized carbons (Fsp3) is 0.0625. The van der Waals surface area contributed by atoms with Gasteiger partial charge in [-0.05, 0) is 48.0 Å². The van der Waals surface area contributed by atoms with Crippen molar-refractivity contribution in [2.75, 3.05) is 0 Å². The van der Waals surface area contributed by atoms with Crippen LogP contribution in [0.4, 0.5) is 0 Å². The van der Waals surface area contributed by atoms with Gasteiger partial charge in [0.15, 0.2) is 14.9 Å². The number of hydrogen-bond donors (Lipinski definition) is 0. The molecule has 3 rings (SSSR count).